The zero-order chi connectivity index (χ0) is 13.0. The molecule has 2 rings (SSSR count). The Balaban J connectivity index is 2.04. The number of halogens is 1. The molecule has 0 saturated carbocycles. The van der Waals surface area contributed by atoms with Crippen LogP contribution in [0, 0.1) is 5.82 Å². The van der Waals surface area contributed by atoms with Crippen molar-refractivity contribution < 1.29 is 4.39 Å². The molecule has 0 unspecified atom stereocenters. The van der Waals surface area contributed by atoms with Gasteiger partial charge in [0, 0.05) is 17.5 Å². The van der Waals surface area contributed by atoms with Crippen molar-refractivity contribution >= 4 is 29.0 Å². The maximum atomic E-state index is 12.7. The molecule has 1 aromatic carbocycles. The van der Waals surface area contributed by atoms with Crippen molar-refractivity contribution in [2.75, 3.05) is 0 Å². The fraction of sp³-hybridized carbons (Fsp3) is 0.0769. The number of hydrogen-bond acceptors (Lipinski definition) is 3. The summed E-state index contributed by atoms with van der Waals surface area (Å²) in [5.41, 5.74) is 7.41. The molecule has 2 N–H and O–H groups in total. The van der Waals surface area contributed by atoms with E-state index in [2.05, 4.69) is 4.98 Å². The van der Waals surface area contributed by atoms with Gasteiger partial charge in [-0.3, -0.25) is 0 Å². The lowest BCUT2D eigenvalue weighted by Crippen LogP contribution is -2.09. The quantitative estimate of drug-likeness (QED) is 0.689. The number of benzene rings is 1. The smallest absolute Gasteiger partial charge is 0.123 e. The topological polar surface area (TPSA) is 38.9 Å². The van der Waals surface area contributed by atoms with Gasteiger partial charge in [0.2, 0.25) is 0 Å². The summed E-state index contributed by atoms with van der Waals surface area (Å²) in [6, 6.07) is 10.1. The van der Waals surface area contributed by atoms with Gasteiger partial charge in [-0.25, -0.2) is 9.37 Å². The molecule has 0 saturated heterocycles. The molecular weight excluding hydrogens is 267 g/mol. The highest BCUT2D eigenvalue weighted by Gasteiger charge is 2.01. The zero-order valence-corrected chi connectivity index (χ0v) is 11.1. The van der Waals surface area contributed by atoms with E-state index in [-0.39, 0.29) is 5.82 Å². The highest BCUT2D eigenvalue weighted by Crippen LogP contribution is 2.21. The summed E-state index contributed by atoms with van der Waals surface area (Å²) in [6.07, 6.45) is 1.68. The first-order valence-electron chi connectivity index (χ1n) is 5.28. The first-order valence-corrected chi connectivity index (χ1v) is 6.67. The highest BCUT2D eigenvalue weighted by molar-refractivity contribution is 7.98. The Morgan fingerprint density at radius 3 is 2.67 bits per heavy atom. The summed E-state index contributed by atoms with van der Waals surface area (Å²) < 4.78 is 12.7. The summed E-state index contributed by atoms with van der Waals surface area (Å²) >= 11 is 6.47. The second-order valence-electron chi connectivity index (χ2n) is 3.66. The molecule has 5 heteroatoms. The van der Waals surface area contributed by atoms with E-state index in [0.29, 0.717) is 4.99 Å². The standard InChI is InChI=1S/C13H11FN2S2/c14-11-3-1-9(2-4-11)8-18-12-7-10(13(15)17)5-6-16-12/h1-7H,8H2,(H2,15,17). The van der Waals surface area contributed by atoms with Crippen molar-refractivity contribution in [3.63, 3.8) is 0 Å². The number of nitrogens with two attached hydrogens (primary N) is 1. The van der Waals surface area contributed by atoms with E-state index in [4.69, 9.17) is 18.0 Å². The predicted octanol–water partition coefficient (Wildman–Crippen LogP) is 3.15. The molecule has 0 aliphatic heterocycles. The minimum absolute atomic E-state index is 0.225. The molecule has 2 nitrogen and oxygen atoms in total. The van der Waals surface area contributed by atoms with Crippen LogP contribution in [0.5, 0.6) is 0 Å². The van der Waals surface area contributed by atoms with Crippen LogP contribution < -0.4 is 5.73 Å². The van der Waals surface area contributed by atoms with E-state index in [9.17, 15) is 4.39 Å². The minimum Gasteiger partial charge on any atom is -0.389 e. The van der Waals surface area contributed by atoms with Crippen LogP contribution >= 0.6 is 24.0 Å². The van der Waals surface area contributed by atoms with Gasteiger partial charge in [0.15, 0.2) is 0 Å². The number of thiocarbonyl (C=S) groups is 1. The summed E-state index contributed by atoms with van der Waals surface area (Å²) in [6.45, 7) is 0. The Morgan fingerprint density at radius 2 is 2.00 bits per heavy atom. The number of rotatable bonds is 4. The second-order valence-corrected chi connectivity index (χ2v) is 5.10. The van der Waals surface area contributed by atoms with Gasteiger partial charge < -0.3 is 5.73 Å². The van der Waals surface area contributed by atoms with Crippen molar-refractivity contribution in [1.82, 2.24) is 4.98 Å². The first kappa shape index (κ1) is 13.0. The van der Waals surface area contributed by atoms with Gasteiger partial charge in [0.25, 0.3) is 0 Å². The zero-order valence-electron chi connectivity index (χ0n) is 9.47. The molecule has 0 spiro atoms. The van der Waals surface area contributed by atoms with Gasteiger partial charge in [-0.2, -0.15) is 0 Å². The van der Waals surface area contributed by atoms with Crippen LogP contribution in [0.3, 0.4) is 0 Å². The molecule has 2 aromatic rings. The summed E-state index contributed by atoms with van der Waals surface area (Å²) in [4.78, 5) is 4.59. The number of pyridine rings is 1. The maximum Gasteiger partial charge on any atom is 0.123 e. The van der Waals surface area contributed by atoms with Crippen molar-refractivity contribution in [3.8, 4) is 0 Å². The Labute approximate surface area is 114 Å². The van der Waals surface area contributed by atoms with Gasteiger partial charge in [-0.15, -0.1) is 11.8 Å². The van der Waals surface area contributed by atoms with E-state index in [1.807, 2.05) is 6.07 Å². The third-order valence-electron chi connectivity index (χ3n) is 2.32. The van der Waals surface area contributed by atoms with E-state index >= 15 is 0 Å². The normalized spacial score (nSPS) is 10.3. The number of hydrogen-bond donors (Lipinski definition) is 1. The second kappa shape index (κ2) is 5.93. The Bertz CT molecular complexity index is 555. The van der Waals surface area contributed by atoms with Crippen LogP contribution in [0.4, 0.5) is 4.39 Å². The number of thioether (sulfide) groups is 1. The number of nitrogens with zero attached hydrogens (tertiary/aromatic N) is 1. The first-order chi connectivity index (χ1) is 8.65. The summed E-state index contributed by atoms with van der Waals surface area (Å²) in [5.74, 6) is 0.506. The van der Waals surface area contributed by atoms with Crippen LogP contribution in [-0.4, -0.2) is 9.97 Å². The predicted molar refractivity (Wildman–Crippen MR) is 76.1 cm³/mol. The van der Waals surface area contributed by atoms with E-state index < -0.39 is 0 Å². The average molecular weight is 278 g/mol. The van der Waals surface area contributed by atoms with Gasteiger partial charge >= 0.3 is 0 Å². The lowest BCUT2D eigenvalue weighted by atomic mass is 10.2. The lowest BCUT2D eigenvalue weighted by molar-refractivity contribution is 0.627. The molecule has 1 aromatic heterocycles. The van der Waals surface area contributed by atoms with Crippen LogP contribution in [-0.2, 0) is 5.75 Å². The van der Waals surface area contributed by atoms with Crippen LogP contribution in [0.15, 0.2) is 47.6 Å². The molecule has 18 heavy (non-hydrogen) atoms. The molecule has 92 valence electrons. The van der Waals surface area contributed by atoms with Crippen molar-refractivity contribution in [3.05, 3.63) is 59.5 Å². The van der Waals surface area contributed by atoms with Crippen molar-refractivity contribution in [2.24, 2.45) is 5.73 Å². The van der Waals surface area contributed by atoms with Gasteiger partial charge in [-0.1, -0.05) is 24.4 Å². The minimum atomic E-state index is -0.225. The molecule has 0 aliphatic rings. The molecule has 1 heterocycles. The Kier molecular flexibility index (Phi) is 4.28. The van der Waals surface area contributed by atoms with E-state index in [0.717, 1.165) is 21.9 Å². The van der Waals surface area contributed by atoms with Gasteiger partial charge in [-0.05, 0) is 29.8 Å². The summed E-state index contributed by atoms with van der Waals surface area (Å²) in [7, 11) is 0. The third-order valence-corrected chi connectivity index (χ3v) is 3.55. The summed E-state index contributed by atoms with van der Waals surface area (Å²) in [5, 5.41) is 0.852. The van der Waals surface area contributed by atoms with Crippen molar-refractivity contribution in [2.45, 2.75) is 10.8 Å². The lowest BCUT2D eigenvalue weighted by Gasteiger charge is -2.03. The van der Waals surface area contributed by atoms with Crippen molar-refractivity contribution in [1.29, 1.82) is 0 Å². The monoisotopic (exact) mass is 278 g/mol. The fourth-order valence-electron chi connectivity index (χ4n) is 1.38. The average Bonchev–Trinajstić information content (AvgIpc) is 2.38. The van der Waals surface area contributed by atoms with Crippen LogP contribution in [0.1, 0.15) is 11.1 Å². The Morgan fingerprint density at radius 1 is 1.28 bits per heavy atom. The van der Waals surface area contributed by atoms with Gasteiger partial charge in [0.05, 0.1) is 5.03 Å². The maximum absolute atomic E-state index is 12.7. The highest BCUT2D eigenvalue weighted by atomic mass is 32.2. The third kappa shape index (κ3) is 3.51. The molecule has 0 amide bonds. The van der Waals surface area contributed by atoms with Crippen LogP contribution in [0.25, 0.3) is 0 Å². The van der Waals surface area contributed by atoms with E-state index in [1.165, 1.54) is 12.1 Å². The van der Waals surface area contributed by atoms with Gasteiger partial charge in [0.1, 0.15) is 10.8 Å². The number of aromatic nitrogens is 1. The van der Waals surface area contributed by atoms with Crippen LogP contribution in [0.2, 0.25) is 0 Å². The molecule has 0 bridgehead atoms. The SMILES string of the molecule is NC(=S)c1ccnc(SCc2ccc(F)cc2)c1. The molecule has 0 atom stereocenters. The largest absolute Gasteiger partial charge is 0.389 e. The molecular formula is C13H11FN2S2. The molecule has 0 aliphatic carbocycles. The fourth-order valence-corrected chi connectivity index (χ4v) is 2.36. The molecule has 0 fully saturated rings. The Hall–Kier alpha value is -1.46. The van der Waals surface area contributed by atoms with E-state index in [1.54, 1.807) is 36.2 Å². The molecule has 0 radical (unpaired) electrons.